The molecule has 0 amide bonds. The highest BCUT2D eigenvalue weighted by molar-refractivity contribution is 4.33. The van der Waals surface area contributed by atoms with E-state index in [1.165, 1.54) is 12.8 Å². The summed E-state index contributed by atoms with van der Waals surface area (Å²) >= 11 is 0. The molecule has 0 rings (SSSR count). The number of hydrogen-bond donors (Lipinski definition) is 4. The van der Waals surface area contributed by atoms with Gasteiger partial charge in [0.25, 0.3) is 0 Å². The summed E-state index contributed by atoms with van der Waals surface area (Å²) in [6, 6.07) is 0. The third-order valence-corrected chi connectivity index (χ3v) is 3.17. The van der Waals surface area contributed by atoms with Crippen molar-refractivity contribution in [3.05, 3.63) is 0 Å². The first kappa shape index (κ1) is 40.7. The highest BCUT2D eigenvalue weighted by Gasteiger charge is 1.90. The third-order valence-electron chi connectivity index (χ3n) is 3.17. The van der Waals surface area contributed by atoms with Gasteiger partial charge in [-0.05, 0) is 20.3 Å². The Bertz CT molecular complexity index is 251. The quantitative estimate of drug-likeness (QED) is 0.152. The largest absolute Gasteiger partial charge is 0.394 e. The standard InChI is InChI=1S/C8H18O5.C6H14O4.C5H12O.C4H10O/c9-1-3-11-5-7-13-8-6-12-4-2-10;7-1-3-9-5-6-10-4-2-8;1-3-4-5-6-2;1-3-5-4-2/h9-10H,1-8H2;7-8H,1-6H2;3-5H2,1-2H3;3-4H2,1-2H3. The smallest absolute Gasteiger partial charge is 0.0701 e. The van der Waals surface area contributed by atoms with Crippen molar-refractivity contribution in [2.24, 2.45) is 0 Å². The molecule has 0 aliphatic rings. The second-order valence-electron chi connectivity index (χ2n) is 6.08. The Hall–Kier alpha value is -0.440. The van der Waals surface area contributed by atoms with Crippen molar-refractivity contribution in [2.75, 3.05) is 119 Å². The van der Waals surface area contributed by atoms with Gasteiger partial charge in [0, 0.05) is 26.9 Å². The summed E-state index contributed by atoms with van der Waals surface area (Å²) in [7, 11) is 1.73. The van der Waals surface area contributed by atoms with Gasteiger partial charge in [-0.3, -0.25) is 0 Å². The lowest BCUT2D eigenvalue weighted by molar-refractivity contribution is 0.00230. The SMILES string of the molecule is CCCCOC.CCOCC.OCCOCCOCCO.OCCOCCOCCOCCO. The van der Waals surface area contributed by atoms with E-state index in [1.807, 2.05) is 13.8 Å². The normalized spacial score (nSPS) is 9.88. The molecule has 0 heterocycles. The highest BCUT2D eigenvalue weighted by atomic mass is 16.5. The first-order valence-corrected chi connectivity index (χ1v) is 12.0. The van der Waals surface area contributed by atoms with E-state index in [0.717, 1.165) is 19.8 Å². The zero-order chi connectivity index (χ0) is 26.4. The van der Waals surface area contributed by atoms with Crippen molar-refractivity contribution in [1.82, 2.24) is 0 Å². The topological polar surface area (TPSA) is 146 Å². The van der Waals surface area contributed by atoms with E-state index in [1.54, 1.807) is 7.11 Å². The van der Waals surface area contributed by atoms with Gasteiger partial charge in [0.1, 0.15) is 0 Å². The van der Waals surface area contributed by atoms with Crippen LogP contribution in [0.15, 0.2) is 0 Å². The van der Waals surface area contributed by atoms with Crippen LogP contribution in [-0.2, 0) is 33.2 Å². The summed E-state index contributed by atoms with van der Waals surface area (Å²) in [5, 5.41) is 33.2. The second-order valence-corrected chi connectivity index (χ2v) is 6.08. The van der Waals surface area contributed by atoms with Crippen LogP contribution < -0.4 is 0 Å². The van der Waals surface area contributed by atoms with Gasteiger partial charge in [-0.2, -0.15) is 0 Å². The van der Waals surface area contributed by atoms with Crippen molar-refractivity contribution in [2.45, 2.75) is 33.6 Å². The lowest BCUT2D eigenvalue weighted by Crippen LogP contribution is -2.11. The van der Waals surface area contributed by atoms with Gasteiger partial charge in [-0.15, -0.1) is 0 Å². The number of methoxy groups -OCH3 is 1. The zero-order valence-electron chi connectivity index (χ0n) is 22.1. The Kier molecular flexibility index (Phi) is 59.4. The molecule has 0 spiro atoms. The average molecular weight is 507 g/mol. The Balaban J connectivity index is -0.000000189. The van der Waals surface area contributed by atoms with Crippen LogP contribution in [0.3, 0.4) is 0 Å². The maximum absolute atomic E-state index is 8.36. The number of aliphatic hydroxyl groups is 4. The minimum atomic E-state index is 0.0413. The molecule has 11 heteroatoms. The molecule has 0 aliphatic carbocycles. The summed E-state index contributed by atoms with van der Waals surface area (Å²) in [4.78, 5) is 0. The lowest BCUT2D eigenvalue weighted by atomic mass is 10.4. The lowest BCUT2D eigenvalue weighted by Gasteiger charge is -2.04. The molecule has 34 heavy (non-hydrogen) atoms. The molecule has 0 aliphatic heterocycles. The Morgan fingerprint density at radius 1 is 0.412 bits per heavy atom. The molecular formula is C23H54O11. The van der Waals surface area contributed by atoms with Crippen LogP contribution in [0, 0.1) is 0 Å². The molecule has 0 aromatic carbocycles. The molecule has 0 saturated carbocycles. The maximum Gasteiger partial charge on any atom is 0.0701 e. The molecule has 0 aromatic rings. The first-order chi connectivity index (χ1) is 16.7. The molecule has 212 valence electrons. The van der Waals surface area contributed by atoms with Crippen LogP contribution in [0.25, 0.3) is 0 Å². The molecule has 11 nitrogen and oxygen atoms in total. The van der Waals surface area contributed by atoms with E-state index in [-0.39, 0.29) is 26.4 Å². The van der Waals surface area contributed by atoms with Crippen molar-refractivity contribution in [1.29, 1.82) is 0 Å². The van der Waals surface area contributed by atoms with E-state index in [9.17, 15) is 0 Å². The van der Waals surface area contributed by atoms with Crippen LogP contribution >= 0.6 is 0 Å². The predicted molar refractivity (Wildman–Crippen MR) is 131 cm³/mol. The van der Waals surface area contributed by atoms with E-state index >= 15 is 0 Å². The van der Waals surface area contributed by atoms with Crippen molar-refractivity contribution < 1.29 is 53.6 Å². The first-order valence-electron chi connectivity index (χ1n) is 12.0. The molecule has 4 N–H and O–H groups in total. The van der Waals surface area contributed by atoms with Gasteiger partial charge < -0.3 is 53.6 Å². The van der Waals surface area contributed by atoms with Gasteiger partial charge in [0.15, 0.2) is 0 Å². The van der Waals surface area contributed by atoms with Crippen LogP contribution in [0.2, 0.25) is 0 Å². The molecular weight excluding hydrogens is 452 g/mol. The fourth-order valence-corrected chi connectivity index (χ4v) is 1.61. The molecule has 0 unspecified atom stereocenters. The Labute approximate surface area is 207 Å². The zero-order valence-corrected chi connectivity index (χ0v) is 22.1. The second kappa shape index (κ2) is 49.6. The predicted octanol–water partition coefficient (Wildman–Crippen LogP) is 0.501. The number of ether oxygens (including phenoxy) is 7. The van der Waals surface area contributed by atoms with Crippen LogP contribution in [-0.4, -0.2) is 140 Å². The van der Waals surface area contributed by atoms with Crippen LogP contribution in [0.1, 0.15) is 33.6 Å². The molecule has 0 saturated heterocycles. The monoisotopic (exact) mass is 506 g/mol. The van der Waals surface area contributed by atoms with Gasteiger partial charge in [-0.25, -0.2) is 0 Å². The Morgan fingerprint density at radius 2 is 0.706 bits per heavy atom. The number of rotatable bonds is 22. The summed E-state index contributed by atoms with van der Waals surface area (Å²) in [5.74, 6) is 0. The average Bonchev–Trinajstić information content (AvgIpc) is 2.85. The molecule has 0 atom stereocenters. The summed E-state index contributed by atoms with van der Waals surface area (Å²) in [6.07, 6.45) is 2.42. The van der Waals surface area contributed by atoms with E-state index in [4.69, 9.17) is 53.6 Å². The maximum atomic E-state index is 8.36. The molecule has 0 radical (unpaired) electrons. The van der Waals surface area contributed by atoms with E-state index < -0.39 is 0 Å². The highest BCUT2D eigenvalue weighted by Crippen LogP contribution is 1.83. The third kappa shape index (κ3) is 63.4. The van der Waals surface area contributed by atoms with Crippen LogP contribution in [0.4, 0.5) is 0 Å². The molecule has 0 fully saturated rings. The number of hydrogen-bond acceptors (Lipinski definition) is 11. The fourth-order valence-electron chi connectivity index (χ4n) is 1.61. The van der Waals surface area contributed by atoms with E-state index in [2.05, 4.69) is 6.92 Å². The Morgan fingerprint density at radius 3 is 0.853 bits per heavy atom. The van der Waals surface area contributed by atoms with Crippen molar-refractivity contribution >= 4 is 0 Å². The minimum absolute atomic E-state index is 0.0413. The van der Waals surface area contributed by atoms with Gasteiger partial charge in [-0.1, -0.05) is 13.3 Å². The van der Waals surface area contributed by atoms with Crippen LogP contribution in [0.5, 0.6) is 0 Å². The fraction of sp³-hybridized carbons (Fsp3) is 1.00. The van der Waals surface area contributed by atoms with Gasteiger partial charge in [0.2, 0.25) is 0 Å². The minimum Gasteiger partial charge on any atom is -0.394 e. The summed E-state index contributed by atoms with van der Waals surface area (Å²) in [5.41, 5.74) is 0. The molecule has 0 aromatic heterocycles. The van der Waals surface area contributed by atoms with Crippen molar-refractivity contribution in [3.63, 3.8) is 0 Å². The molecule has 0 bridgehead atoms. The van der Waals surface area contributed by atoms with Gasteiger partial charge >= 0.3 is 0 Å². The van der Waals surface area contributed by atoms with E-state index in [0.29, 0.717) is 66.1 Å². The summed E-state index contributed by atoms with van der Waals surface area (Å²) < 4.78 is 34.4. The number of unbranched alkanes of at least 4 members (excludes halogenated alkanes) is 1. The van der Waals surface area contributed by atoms with Gasteiger partial charge in [0.05, 0.1) is 92.5 Å². The number of aliphatic hydroxyl groups excluding tert-OH is 4. The van der Waals surface area contributed by atoms with Crippen molar-refractivity contribution in [3.8, 4) is 0 Å². The summed E-state index contributed by atoms with van der Waals surface area (Å²) in [6.45, 7) is 13.2.